The number of phenolic OH excluding ortho intramolecular Hbond substituents is 3. The number of allylic oxidation sites excluding steroid dienone is 3. The molecule has 0 heterocycles. The third kappa shape index (κ3) is 2.35. The molecule has 2 bridgehead atoms. The maximum Gasteiger partial charge on any atom is 0.193 e. The van der Waals surface area contributed by atoms with Gasteiger partial charge in [-0.3, -0.25) is 24.0 Å². The number of carbonyl (C=O) groups is 5. The van der Waals surface area contributed by atoms with Crippen LogP contribution in [0.1, 0.15) is 78.5 Å². The zero-order valence-corrected chi connectivity index (χ0v) is 20.5. The van der Waals surface area contributed by atoms with Crippen LogP contribution in [0.2, 0.25) is 0 Å². The summed E-state index contributed by atoms with van der Waals surface area (Å²) in [4.78, 5) is 67.8. The number of aliphatic hydroxyl groups excluding tert-OH is 2. The van der Waals surface area contributed by atoms with Crippen LogP contribution in [-0.2, 0) is 9.59 Å². The molecule has 5 N–H and O–H groups in total. The molecule has 10 nitrogen and oxygen atoms in total. The molecule has 7 rings (SSSR count). The Morgan fingerprint density at radius 1 is 0.846 bits per heavy atom. The van der Waals surface area contributed by atoms with Crippen molar-refractivity contribution in [3.63, 3.8) is 0 Å². The van der Waals surface area contributed by atoms with Gasteiger partial charge in [-0.1, -0.05) is 0 Å². The molecule has 5 atom stereocenters. The van der Waals surface area contributed by atoms with Crippen LogP contribution >= 0.6 is 0 Å². The molecular weight excluding hydrogens is 508 g/mol. The van der Waals surface area contributed by atoms with Gasteiger partial charge in [0.1, 0.15) is 28.8 Å². The van der Waals surface area contributed by atoms with Crippen LogP contribution in [0.4, 0.5) is 0 Å². The Morgan fingerprint density at radius 2 is 1.49 bits per heavy atom. The molecule has 1 spiro atoms. The number of rotatable bonds is 0. The molecule has 196 valence electrons. The first-order valence-electron chi connectivity index (χ1n) is 12.3. The van der Waals surface area contributed by atoms with Crippen LogP contribution in [0.25, 0.3) is 5.76 Å². The molecule has 5 aliphatic carbocycles. The third-order valence-corrected chi connectivity index (χ3v) is 9.12. The van der Waals surface area contributed by atoms with E-state index in [4.69, 9.17) is 0 Å². The monoisotopic (exact) mass is 528 g/mol. The van der Waals surface area contributed by atoms with Crippen LogP contribution < -0.4 is 0 Å². The molecule has 0 amide bonds. The highest BCUT2D eigenvalue weighted by molar-refractivity contribution is 6.28. The second-order valence-electron chi connectivity index (χ2n) is 11.0. The van der Waals surface area contributed by atoms with E-state index in [0.29, 0.717) is 5.56 Å². The predicted octanol–water partition coefficient (Wildman–Crippen LogP) is 2.30. The molecule has 2 unspecified atom stereocenters. The SMILES string of the molecule is CC1=CC(=O)c2c(O)c3c(c(O)c2C1=O)C1C(=O)C[C@]24C(=O)c5cc(C)cc(O)c5C(O)=C2C(=O)[C@@H]3[C@H](O)C14. The Hall–Kier alpha value is -4.57. The number of carbonyl (C=O) groups excluding carboxylic acids is 5. The topological polar surface area (TPSA) is 186 Å². The van der Waals surface area contributed by atoms with Crippen molar-refractivity contribution in [2.75, 3.05) is 0 Å². The van der Waals surface area contributed by atoms with Crippen LogP contribution in [0.3, 0.4) is 0 Å². The normalized spacial score (nSPS) is 30.1. The second-order valence-corrected chi connectivity index (χ2v) is 11.0. The van der Waals surface area contributed by atoms with Gasteiger partial charge in [-0.15, -0.1) is 0 Å². The molecule has 0 aliphatic heterocycles. The number of aryl methyl sites for hydroxylation is 1. The van der Waals surface area contributed by atoms with Crippen LogP contribution in [0.5, 0.6) is 17.2 Å². The molecule has 2 saturated carbocycles. The molecule has 0 saturated heterocycles. The fourth-order valence-corrected chi connectivity index (χ4v) is 7.73. The first-order chi connectivity index (χ1) is 18.3. The van der Waals surface area contributed by atoms with Crippen molar-refractivity contribution in [1.29, 1.82) is 0 Å². The summed E-state index contributed by atoms with van der Waals surface area (Å²) in [6.45, 7) is 2.96. The fourth-order valence-electron chi connectivity index (χ4n) is 7.73. The van der Waals surface area contributed by atoms with Gasteiger partial charge in [0.2, 0.25) is 0 Å². The molecule has 2 aromatic carbocycles. The number of aliphatic hydroxyl groups is 2. The number of fused-ring (bicyclic) bond motifs is 6. The molecule has 2 fully saturated rings. The summed E-state index contributed by atoms with van der Waals surface area (Å²) in [6.07, 6.45) is -1.34. The number of benzene rings is 2. The number of hydrogen-bond acceptors (Lipinski definition) is 10. The molecule has 0 aromatic heterocycles. The van der Waals surface area contributed by atoms with Crippen molar-refractivity contribution >= 4 is 34.7 Å². The van der Waals surface area contributed by atoms with E-state index in [1.54, 1.807) is 6.92 Å². The quantitative estimate of drug-likeness (QED) is 0.318. The highest BCUT2D eigenvalue weighted by Crippen LogP contribution is 2.70. The lowest BCUT2D eigenvalue weighted by atomic mass is 9.49. The highest BCUT2D eigenvalue weighted by atomic mass is 16.3. The minimum Gasteiger partial charge on any atom is -0.507 e. The van der Waals surface area contributed by atoms with E-state index in [1.165, 1.54) is 19.1 Å². The Kier molecular flexibility index (Phi) is 4.16. The number of hydrogen-bond donors (Lipinski definition) is 5. The number of aromatic hydroxyl groups is 3. The van der Waals surface area contributed by atoms with Crippen molar-refractivity contribution < 1.29 is 49.5 Å². The lowest BCUT2D eigenvalue weighted by Crippen LogP contribution is -2.57. The van der Waals surface area contributed by atoms with Gasteiger partial charge >= 0.3 is 0 Å². The molecular formula is C29H20O10. The van der Waals surface area contributed by atoms with Gasteiger partial charge in [0.15, 0.2) is 23.1 Å². The van der Waals surface area contributed by atoms with Crippen LogP contribution in [-0.4, -0.2) is 60.6 Å². The zero-order valence-electron chi connectivity index (χ0n) is 20.5. The summed E-state index contributed by atoms with van der Waals surface area (Å²) >= 11 is 0. The van der Waals surface area contributed by atoms with Gasteiger partial charge in [0, 0.05) is 34.6 Å². The molecule has 0 radical (unpaired) electrons. The summed E-state index contributed by atoms with van der Waals surface area (Å²) in [5, 5.41) is 56.2. The number of Topliss-reactive ketones (excluding diaryl/α,β-unsaturated/α-hetero) is 4. The number of ketones is 5. The third-order valence-electron chi connectivity index (χ3n) is 9.12. The largest absolute Gasteiger partial charge is 0.507 e. The molecule has 10 heteroatoms. The van der Waals surface area contributed by atoms with Crippen molar-refractivity contribution in [3.05, 3.63) is 68.3 Å². The lowest BCUT2D eigenvalue weighted by Gasteiger charge is -2.51. The van der Waals surface area contributed by atoms with Crippen LogP contribution in [0.15, 0.2) is 29.4 Å². The van der Waals surface area contributed by atoms with E-state index >= 15 is 0 Å². The average molecular weight is 528 g/mol. The predicted molar refractivity (Wildman–Crippen MR) is 131 cm³/mol. The minimum absolute atomic E-state index is 0.00660. The van der Waals surface area contributed by atoms with E-state index in [9.17, 15) is 49.5 Å². The standard InChI is InChI=1S/C29H20O10/c1-7-3-9-13(10(30)4-7)25(36)21-27(38)19-17-16(14-12(32)6-29(21,28(9)39)20(14)26(19)37)24(35)18-15(23(17)34)11(31)5-8(2)22(18)33/h3-5,14,19-20,26,30,34-37H,6H2,1-2H3/t14?,19-,20?,26-,29+/m0/s1. The second kappa shape index (κ2) is 6.89. The smallest absolute Gasteiger partial charge is 0.193 e. The Labute approximate surface area is 219 Å². The van der Waals surface area contributed by atoms with Gasteiger partial charge in [0.25, 0.3) is 0 Å². The summed E-state index contributed by atoms with van der Waals surface area (Å²) in [6, 6.07) is 2.71. The highest BCUT2D eigenvalue weighted by Gasteiger charge is 2.73. The van der Waals surface area contributed by atoms with Crippen molar-refractivity contribution in [2.24, 2.45) is 11.3 Å². The first kappa shape index (κ1) is 23.5. The fraction of sp³-hybridized carbons (Fsp3) is 0.276. The van der Waals surface area contributed by atoms with Crippen molar-refractivity contribution in [2.45, 2.75) is 38.2 Å². The van der Waals surface area contributed by atoms with Gasteiger partial charge in [-0.25, -0.2) is 0 Å². The Bertz CT molecular complexity index is 1770. The molecule has 5 aliphatic rings. The molecule has 39 heavy (non-hydrogen) atoms. The van der Waals surface area contributed by atoms with Gasteiger partial charge in [-0.05, 0) is 37.6 Å². The minimum atomic E-state index is -2.00. The zero-order chi connectivity index (χ0) is 28.0. The average Bonchev–Trinajstić information content (AvgIpc) is 3.17. The van der Waals surface area contributed by atoms with Crippen molar-refractivity contribution in [3.8, 4) is 17.2 Å². The van der Waals surface area contributed by atoms with E-state index in [-0.39, 0.29) is 22.3 Å². The van der Waals surface area contributed by atoms with Gasteiger partial charge in [0.05, 0.1) is 45.6 Å². The van der Waals surface area contributed by atoms with E-state index in [1.807, 2.05) is 0 Å². The Balaban J connectivity index is 1.62. The van der Waals surface area contributed by atoms with E-state index in [0.717, 1.165) is 6.08 Å². The summed E-state index contributed by atoms with van der Waals surface area (Å²) in [5.41, 5.74) is -4.12. The Morgan fingerprint density at radius 3 is 2.18 bits per heavy atom. The van der Waals surface area contributed by atoms with Crippen LogP contribution in [0, 0.1) is 18.3 Å². The summed E-state index contributed by atoms with van der Waals surface area (Å²) in [7, 11) is 0. The van der Waals surface area contributed by atoms with E-state index in [2.05, 4.69) is 0 Å². The van der Waals surface area contributed by atoms with Gasteiger partial charge in [-0.2, -0.15) is 0 Å². The summed E-state index contributed by atoms with van der Waals surface area (Å²) < 4.78 is 0. The first-order valence-corrected chi connectivity index (χ1v) is 12.3. The van der Waals surface area contributed by atoms with Gasteiger partial charge < -0.3 is 25.5 Å². The van der Waals surface area contributed by atoms with Crippen molar-refractivity contribution in [1.82, 2.24) is 0 Å². The summed E-state index contributed by atoms with van der Waals surface area (Å²) in [5.74, 6) is -11.2. The molecule has 2 aromatic rings. The maximum absolute atomic E-state index is 14.2. The lowest BCUT2D eigenvalue weighted by molar-refractivity contribution is -0.128. The maximum atomic E-state index is 14.2. The number of phenols is 3. The van der Waals surface area contributed by atoms with E-state index < -0.39 is 110 Å².